The molecule has 5 nitrogen and oxygen atoms in total. The molecule has 0 atom stereocenters. The molecule has 0 unspecified atom stereocenters. The first-order chi connectivity index (χ1) is 12.5. The number of halogens is 2. The predicted molar refractivity (Wildman–Crippen MR) is 115 cm³/mol. The first kappa shape index (κ1) is 23.2. The number of rotatable bonds is 9. The number of hydrogen-bond donors (Lipinski definition) is 1. The van der Waals surface area contributed by atoms with E-state index in [2.05, 4.69) is 30.6 Å². The second-order valence-electron chi connectivity index (χ2n) is 6.11. The summed E-state index contributed by atoms with van der Waals surface area (Å²) in [5.74, 6) is -0.343. The molecule has 148 valence electrons. The van der Waals surface area contributed by atoms with Crippen molar-refractivity contribution in [3.05, 3.63) is 57.9 Å². The van der Waals surface area contributed by atoms with Crippen LogP contribution in [0.1, 0.15) is 30.6 Å². The van der Waals surface area contributed by atoms with Crippen LogP contribution in [0.2, 0.25) is 5.02 Å². The fourth-order valence-electron chi connectivity index (χ4n) is 2.96. The van der Waals surface area contributed by atoms with Crippen LogP contribution >= 0.6 is 24.0 Å². The molecule has 0 saturated carbocycles. The summed E-state index contributed by atoms with van der Waals surface area (Å²) in [4.78, 5) is 27.5. The normalized spacial score (nSPS) is 10.7. The van der Waals surface area contributed by atoms with Gasteiger partial charge in [0.25, 0.3) is 5.91 Å². The lowest BCUT2D eigenvalue weighted by molar-refractivity contribution is 0.0950. The lowest BCUT2D eigenvalue weighted by Gasteiger charge is -2.17. The zero-order chi connectivity index (χ0) is 19.1. The molecular formula is C20H27Cl2N3O2. The van der Waals surface area contributed by atoms with Crippen LogP contribution < -0.4 is 10.7 Å². The molecule has 1 heterocycles. The van der Waals surface area contributed by atoms with Crippen LogP contribution in [0.5, 0.6) is 0 Å². The molecule has 1 amide bonds. The Labute approximate surface area is 171 Å². The molecule has 0 aliphatic rings. The Morgan fingerprint density at radius 1 is 1.33 bits per heavy atom. The predicted octanol–water partition coefficient (Wildman–Crippen LogP) is 3.72. The van der Waals surface area contributed by atoms with Crippen LogP contribution in [0.3, 0.4) is 0 Å². The molecule has 1 aromatic heterocycles. The van der Waals surface area contributed by atoms with Gasteiger partial charge in [0.15, 0.2) is 0 Å². The highest BCUT2D eigenvalue weighted by atomic mass is 35.5. The monoisotopic (exact) mass is 411 g/mol. The van der Waals surface area contributed by atoms with Crippen molar-refractivity contribution >= 4 is 40.8 Å². The fourth-order valence-corrected chi connectivity index (χ4v) is 3.12. The second kappa shape index (κ2) is 11.1. The van der Waals surface area contributed by atoms with E-state index in [0.717, 1.165) is 26.1 Å². The summed E-state index contributed by atoms with van der Waals surface area (Å²) in [6, 6.07) is 5.06. The molecule has 2 rings (SSSR count). The van der Waals surface area contributed by atoms with Crippen LogP contribution in [-0.4, -0.2) is 41.6 Å². The van der Waals surface area contributed by atoms with E-state index in [0.29, 0.717) is 29.0 Å². The summed E-state index contributed by atoms with van der Waals surface area (Å²) < 4.78 is 1.82. The van der Waals surface area contributed by atoms with Crippen molar-refractivity contribution in [2.24, 2.45) is 0 Å². The Bertz CT molecular complexity index is 845. The number of pyridine rings is 1. The number of amides is 1. The quantitative estimate of drug-likeness (QED) is 0.505. The molecular weight excluding hydrogens is 385 g/mol. The molecule has 0 saturated heterocycles. The fraction of sp³-hybridized carbons (Fsp3) is 0.400. The maximum atomic E-state index is 12.7. The number of nitrogens with one attached hydrogen (secondary N) is 1. The van der Waals surface area contributed by atoms with E-state index >= 15 is 0 Å². The van der Waals surface area contributed by atoms with Gasteiger partial charge in [-0.1, -0.05) is 31.5 Å². The van der Waals surface area contributed by atoms with Crippen molar-refractivity contribution in [3.63, 3.8) is 0 Å². The van der Waals surface area contributed by atoms with E-state index in [-0.39, 0.29) is 29.3 Å². The van der Waals surface area contributed by atoms with Gasteiger partial charge in [0.1, 0.15) is 5.56 Å². The number of benzene rings is 1. The molecule has 27 heavy (non-hydrogen) atoms. The van der Waals surface area contributed by atoms with Crippen molar-refractivity contribution < 1.29 is 4.79 Å². The van der Waals surface area contributed by atoms with Gasteiger partial charge in [0, 0.05) is 29.7 Å². The Kier molecular flexibility index (Phi) is 9.56. The molecule has 0 fully saturated rings. The minimum Gasteiger partial charge on any atom is -0.352 e. The van der Waals surface area contributed by atoms with Gasteiger partial charge in [-0.3, -0.25) is 9.59 Å². The van der Waals surface area contributed by atoms with Gasteiger partial charge in [-0.15, -0.1) is 19.0 Å². The smallest absolute Gasteiger partial charge is 0.256 e. The lowest BCUT2D eigenvalue weighted by Crippen LogP contribution is -2.32. The summed E-state index contributed by atoms with van der Waals surface area (Å²) in [6.07, 6.45) is 4.15. The molecule has 2 aromatic rings. The number of hydrogen-bond acceptors (Lipinski definition) is 3. The minimum atomic E-state index is -0.343. The van der Waals surface area contributed by atoms with E-state index in [4.69, 9.17) is 11.6 Å². The second-order valence-corrected chi connectivity index (χ2v) is 6.55. The summed E-state index contributed by atoms with van der Waals surface area (Å²) >= 11 is 6.05. The van der Waals surface area contributed by atoms with E-state index < -0.39 is 0 Å². The van der Waals surface area contributed by atoms with Gasteiger partial charge in [0.05, 0.1) is 5.52 Å². The average Bonchev–Trinajstić information content (AvgIpc) is 2.64. The van der Waals surface area contributed by atoms with Crippen molar-refractivity contribution in [2.75, 3.05) is 26.2 Å². The number of carbonyl (C=O) groups excluding carboxylic acids is 1. The van der Waals surface area contributed by atoms with E-state index in [9.17, 15) is 9.59 Å². The maximum absolute atomic E-state index is 12.7. The van der Waals surface area contributed by atoms with Crippen LogP contribution in [-0.2, 0) is 6.54 Å². The SMILES string of the molecule is C=CCn1cc(C(=O)NCCCN(CC)CC)c(=O)c2ccc(Cl)cc21.Cl. The highest BCUT2D eigenvalue weighted by Crippen LogP contribution is 2.18. The first-order valence-corrected chi connectivity index (χ1v) is 9.33. The topological polar surface area (TPSA) is 54.3 Å². The maximum Gasteiger partial charge on any atom is 0.256 e. The van der Waals surface area contributed by atoms with Crippen LogP contribution in [0.25, 0.3) is 10.9 Å². The third-order valence-electron chi connectivity index (χ3n) is 4.44. The van der Waals surface area contributed by atoms with E-state index in [1.54, 1.807) is 30.5 Å². The number of aromatic nitrogens is 1. The minimum absolute atomic E-state index is 0. The first-order valence-electron chi connectivity index (χ1n) is 8.95. The van der Waals surface area contributed by atoms with Crippen molar-refractivity contribution in [2.45, 2.75) is 26.8 Å². The van der Waals surface area contributed by atoms with E-state index in [1.165, 1.54) is 0 Å². The highest BCUT2D eigenvalue weighted by molar-refractivity contribution is 6.31. The Morgan fingerprint density at radius 3 is 2.67 bits per heavy atom. The Hall–Kier alpha value is -1.82. The number of allylic oxidation sites excluding steroid dienone is 1. The molecule has 0 aliphatic heterocycles. The standard InChI is InChI=1S/C20H26ClN3O2.ClH/c1-4-11-24-14-17(19(25)16-9-8-15(21)13-18(16)24)20(26)22-10-7-12-23(5-2)6-3;/h4,8-9,13-14H,1,5-7,10-12H2,2-3H3,(H,22,26);1H. The molecule has 0 aliphatic carbocycles. The van der Waals surface area contributed by atoms with Gasteiger partial charge >= 0.3 is 0 Å². The van der Waals surface area contributed by atoms with Gasteiger partial charge in [-0.25, -0.2) is 0 Å². The van der Waals surface area contributed by atoms with Crippen LogP contribution in [0.15, 0.2) is 41.8 Å². The summed E-state index contributed by atoms with van der Waals surface area (Å²) in [5, 5.41) is 3.88. The molecule has 0 spiro atoms. The number of fused-ring (bicyclic) bond motifs is 1. The van der Waals surface area contributed by atoms with Gasteiger partial charge in [-0.05, 0) is 44.3 Å². The molecule has 7 heteroatoms. The molecule has 0 radical (unpaired) electrons. The summed E-state index contributed by atoms with van der Waals surface area (Å²) in [6.45, 7) is 11.9. The zero-order valence-corrected chi connectivity index (χ0v) is 17.4. The molecule has 0 bridgehead atoms. The van der Waals surface area contributed by atoms with Crippen molar-refractivity contribution in [1.29, 1.82) is 0 Å². The van der Waals surface area contributed by atoms with Gasteiger partial charge < -0.3 is 14.8 Å². The van der Waals surface area contributed by atoms with E-state index in [1.807, 2.05) is 4.57 Å². The van der Waals surface area contributed by atoms with Crippen LogP contribution in [0, 0.1) is 0 Å². The lowest BCUT2D eigenvalue weighted by atomic mass is 10.1. The molecule has 1 aromatic carbocycles. The zero-order valence-electron chi connectivity index (χ0n) is 15.8. The number of carbonyl (C=O) groups is 1. The van der Waals surface area contributed by atoms with Gasteiger partial charge in [-0.2, -0.15) is 0 Å². The largest absolute Gasteiger partial charge is 0.352 e. The third-order valence-corrected chi connectivity index (χ3v) is 4.68. The van der Waals surface area contributed by atoms with Gasteiger partial charge in [0.2, 0.25) is 5.43 Å². The third kappa shape index (κ3) is 5.83. The highest BCUT2D eigenvalue weighted by Gasteiger charge is 2.15. The Morgan fingerprint density at radius 2 is 2.04 bits per heavy atom. The summed E-state index contributed by atoms with van der Waals surface area (Å²) in [7, 11) is 0. The van der Waals surface area contributed by atoms with Crippen molar-refractivity contribution in [1.82, 2.24) is 14.8 Å². The average molecular weight is 412 g/mol. The Balaban J connectivity index is 0.00000364. The van der Waals surface area contributed by atoms with Crippen molar-refractivity contribution in [3.8, 4) is 0 Å². The number of nitrogens with zero attached hydrogens (tertiary/aromatic N) is 2. The molecule has 1 N–H and O–H groups in total. The van der Waals surface area contributed by atoms with Crippen LogP contribution in [0.4, 0.5) is 0 Å². The summed E-state index contributed by atoms with van der Waals surface area (Å²) in [5.41, 5.74) is 0.559.